The molecule has 0 unspecified atom stereocenters. The average molecular weight is 350 g/mol. The minimum atomic E-state index is 0. The van der Waals surface area contributed by atoms with Gasteiger partial charge in [-0.25, -0.2) is 0 Å². The van der Waals surface area contributed by atoms with Gasteiger partial charge in [0.05, 0.1) is 0 Å². The molecule has 0 aromatic carbocycles. The van der Waals surface area contributed by atoms with Crippen molar-refractivity contribution in [3.63, 3.8) is 0 Å². The molecule has 0 aromatic heterocycles. The van der Waals surface area contributed by atoms with Crippen LogP contribution in [0.1, 0.15) is 0 Å². The van der Waals surface area contributed by atoms with Gasteiger partial charge < -0.3 is 0 Å². The van der Waals surface area contributed by atoms with Crippen LogP contribution in [0.3, 0.4) is 0 Å². The quantitative estimate of drug-likeness (QED) is 0.539. The Labute approximate surface area is 91.1 Å². The Kier molecular flexibility index (Phi) is 256. The van der Waals surface area contributed by atoms with Crippen molar-refractivity contribution in [2.45, 2.75) is 0 Å². The number of hydrogen-bond acceptors (Lipinski definition) is 0. The van der Waals surface area contributed by atoms with Crippen LogP contribution in [0.15, 0.2) is 0 Å². The molecule has 0 aromatic rings. The summed E-state index contributed by atoms with van der Waals surface area (Å²) in [5.41, 5.74) is 0. The Balaban J connectivity index is 0. The second kappa shape index (κ2) is 28.6. The standard InChI is InChI=1S/Ag.Cu.Mn.Ni.Zn. The fourth-order valence-electron chi connectivity index (χ4n) is 0. The summed E-state index contributed by atoms with van der Waals surface area (Å²) in [6.45, 7) is 0. The molecule has 0 bridgehead atoms. The van der Waals surface area contributed by atoms with Gasteiger partial charge in [0.1, 0.15) is 0 Å². The topological polar surface area (TPSA) is 0 Å². The minimum Gasteiger partial charge on any atom is 0 e. The van der Waals surface area contributed by atoms with Crippen LogP contribution in [0.4, 0.5) is 0 Å². The normalized spacial score (nSPS) is 0. The van der Waals surface area contributed by atoms with E-state index in [2.05, 4.69) is 0 Å². The van der Waals surface area contributed by atoms with Crippen molar-refractivity contribution >= 4 is 0 Å². The Morgan fingerprint density at radius 3 is 1.00 bits per heavy atom. The maximum absolute atomic E-state index is 0. The molecule has 0 saturated heterocycles. The number of rotatable bonds is 0. The van der Waals surface area contributed by atoms with Crippen molar-refractivity contribution in [3.05, 3.63) is 0 Å². The van der Waals surface area contributed by atoms with Gasteiger partial charge in [0.15, 0.2) is 0 Å². The van der Waals surface area contributed by atoms with Crippen molar-refractivity contribution in [1.29, 1.82) is 0 Å². The van der Waals surface area contributed by atoms with Crippen LogP contribution >= 0.6 is 0 Å². The summed E-state index contributed by atoms with van der Waals surface area (Å²) < 4.78 is 0. The van der Waals surface area contributed by atoms with E-state index in [1.165, 1.54) is 0 Å². The molecule has 5 heteroatoms. The SMILES string of the molecule is [Ag].[Cu].[Mn].[Ni].[Zn]. The van der Waals surface area contributed by atoms with Gasteiger partial charge in [-0.2, -0.15) is 0 Å². The van der Waals surface area contributed by atoms with Crippen LogP contribution in [0.2, 0.25) is 0 Å². The Morgan fingerprint density at radius 2 is 1.00 bits per heavy atom. The van der Waals surface area contributed by atoms with Crippen molar-refractivity contribution in [1.82, 2.24) is 0 Å². The molecule has 0 aliphatic carbocycles. The van der Waals surface area contributed by atoms with Crippen LogP contribution in [0, 0.1) is 0 Å². The van der Waals surface area contributed by atoms with Gasteiger partial charge in [0.2, 0.25) is 0 Å². The maximum atomic E-state index is 0. The minimum absolute atomic E-state index is 0. The third-order valence-corrected chi connectivity index (χ3v) is 0. The predicted molar refractivity (Wildman–Crippen MR) is 0 cm³/mol. The molecule has 0 N–H and O–H groups in total. The van der Waals surface area contributed by atoms with E-state index < -0.39 is 0 Å². The van der Waals surface area contributed by atoms with E-state index >= 15 is 0 Å². The van der Waals surface area contributed by atoms with E-state index in [9.17, 15) is 0 Å². The summed E-state index contributed by atoms with van der Waals surface area (Å²) in [5, 5.41) is 0. The van der Waals surface area contributed by atoms with Crippen molar-refractivity contribution in [2.75, 3.05) is 0 Å². The third kappa shape index (κ3) is 19.7. The maximum Gasteiger partial charge on any atom is 0 e. The predicted octanol–water partition coefficient (Wildman–Crippen LogP) is -0.0125. The first kappa shape index (κ1) is 44.8. The van der Waals surface area contributed by atoms with Crippen molar-refractivity contribution in [3.8, 4) is 0 Å². The molecule has 0 aliphatic heterocycles. The largest absolute Gasteiger partial charge is 0 e. The molecule has 0 rings (SSSR count). The van der Waals surface area contributed by atoms with E-state index in [1.807, 2.05) is 0 Å². The van der Waals surface area contributed by atoms with Gasteiger partial charge in [-0.05, 0) is 0 Å². The number of hydrogen-bond donors (Lipinski definition) is 0. The van der Waals surface area contributed by atoms with Gasteiger partial charge in [-0.15, -0.1) is 0 Å². The van der Waals surface area contributed by atoms with Gasteiger partial charge in [-0.1, -0.05) is 0 Å². The second-order valence-corrected chi connectivity index (χ2v) is 0. The summed E-state index contributed by atoms with van der Waals surface area (Å²) in [6.07, 6.45) is 0. The second-order valence-electron chi connectivity index (χ2n) is 0. The fourth-order valence-corrected chi connectivity index (χ4v) is 0. The molecule has 0 aliphatic rings. The molecule has 0 heterocycles. The van der Waals surface area contributed by atoms with Gasteiger partial charge in [0, 0.05) is 92.5 Å². The van der Waals surface area contributed by atoms with Crippen LogP contribution in [-0.2, 0) is 92.5 Å². The van der Waals surface area contributed by atoms with E-state index in [-0.39, 0.29) is 92.5 Å². The molecular weight excluding hydrogens is 350 g/mol. The van der Waals surface area contributed by atoms with Crippen LogP contribution in [0.25, 0.3) is 0 Å². The van der Waals surface area contributed by atoms with Crippen LogP contribution < -0.4 is 0 Å². The zero-order valence-electron chi connectivity index (χ0n) is 2.00. The summed E-state index contributed by atoms with van der Waals surface area (Å²) in [7, 11) is 0. The smallest absolute Gasteiger partial charge is 0 e. The molecule has 0 amide bonds. The van der Waals surface area contributed by atoms with Gasteiger partial charge in [0.25, 0.3) is 0 Å². The first-order chi connectivity index (χ1) is 0. The van der Waals surface area contributed by atoms with E-state index in [1.54, 1.807) is 0 Å². The van der Waals surface area contributed by atoms with Crippen LogP contribution in [0.5, 0.6) is 0 Å². The summed E-state index contributed by atoms with van der Waals surface area (Å²) in [4.78, 5) is 0. The zero-order chi connectivity index (χ0) is 0. The molecular formula is AgCuMnNiZn. The molecule has 0 fully saturated rings. The first-order valence-electron chi connectivity index (χ1n) is 0. The molecule has 0 saturated carbocycles. The average Bonchev–Trinajstić information content (AvgIpc) is 0. The molecule has 41 valence electrons. The fraction of sp³-hybridized carbons (Fsp3) is 0. The molecule has 5 heavy (non-hydrogen) atoms. The monoisotopic (exact) mass is 347 g/mol. The molecule has 0 atom stereocenters. The van der Waals surface area contributed by atoms with Crippen molar-refractivity contribution < 1.29 is 92.5 Å². The summed E-state index contributed by atoms with van der Waals surface area (Å²) >= 11 is 0. The summed E-state index contributed by atoms with van der Waals surface area (Å²) in [6, 6.07) is 0. The Morgan fingerprint density at radius 1 is 1.00 bits per heavy atom. The Bertz CT molecular complexity index is 11.6. The summed E-state index contributed by atoms with van der Waals surface area (Å²) in [5.74, 6) is 0. The van der Waals surface area contributed by atoms with E-state index in [0.717, 1.165) is 0 Å². The molecule has 3 radical (unpaired) electrons. The first-order valence-corrected chi connectivity index (χ1v) is 0. The van der Waals surface area contributed by atoms with Crippen molar-refractivity contribution in [2.24, 2.45) is 0 Å². The van der Waals surface area contributed by atoms with Gasteiger partial charge in [-0.3, -0.25) is 0 Å². The Hall–Kier alpha value is 2.90. The third-order valence-electron chi connectivity index (χ3n) is 0. The molecule has 0 spiro atoms. The zero-order valence-corrected chi connectivity index (χ0v) is 9.56. The van der Waals surface area contributed by atoms with Gasteiger partial charge >= 0.3 is 0 Å². The van der Waals surface area contributed by atoms with Crippen LogP contribution in [-0.4, -0.2) is 0 Å². The molecule has 0 nitrogen and oxygen atoms in total. The van der Waals surface area contributed by atoms with E-state index in [0.29, 0.717) is 0 Å². The van der Waals surface area contributed by atoms with E-state index in [4.69, 9.17) is 0 Å².